The fourth-order valence-electron chi connectivity index (χ4n) is 11.1. The summed E-state index contributed by atoms with van der Waals surface area (Å²) in [6.45, 7) is 22.1. The predicted octanol–water partition coefficient (Wildman–Crippen LogP) is 4.01. The lowest BCUT2D eigenvalue weighted by molar-refractivity contribution is -0.271. The molecule has 2 aliphatic heterocycles. The predicted molar refractivity (Wildman–Crippen MR) is 325 cm³/mol. The van der Waals surface area contributed by atoms with Gasteiger partial charge in [-0.2, -0.15) is 0 Å². The molecule has 25 nitrogen and oxygen atoms in total. The number of hydrogen-bond donors (Lipinski definition) is 8. The summed E-state index contributed by atoms with van der Waals surface area (Å²) in [5, 5.41) is 52.7. The number of nitrogens with one attached hydrogen (secondary N) is 4. The van der Waals surface area contributed by atoms with Gasteiger partial charge < -0.3 is 79.9 Å². The summed E-state index contributed by atoms with van der Waals surface area (Å²) in [6, 6.07) is 9.08. The molecule has 0 unspecified atom stereocenters. The maximum Gasteiger partial charge on any atom is 0.410 e. The van der Waals surface area contributed by atoms with Crippen LogP contribution in [0.4, 0.5) is 10.5 Å². The maximum absolute atomic E-state index is 14.9. The standard InChI is InChI=1S/C63H99N7O18/c1-17-37(8)50(45(83-15)32-47(72)70-29-21-24-43(70)54(84-16)38(9)56(76)66-42(60(81)86-36(6)7)30-39-22-19-18-20-23-39)68(13)58(78)48(34(2)3)67-57(77)49(35(4)5)69(14)62(82)85-33-40-25-26-44(41(31-40)65-46(71)27-28-64-63(10,11)12)87-61-53(75)51(73)52(74)55(88-61)59(79)80/h18-20,22-23,25-26,31,34-38,42-43,45,48-55,61,64,73-75H,17,21,24,27-30,32-33H2,1-16H3,(H,65,71)(H,66,76)(H,67,77)(H,79,80)/t37-,38+,42-,43-,45+,48-,49-,50-,51-,52-,53+,54+,55-,61+/m0/s1. The van der Waals surface area contributed by atoms with E-state index in [0.717, 1.165) is 10.5 Å². The molecule has 6 amide bonds. The van der Waals surface area contributed by atoms with E-state index in [1.54, 1.807) is 60.4 Å². The highest BCUT2D eigenvalue weighted by molar-refractivity contribution is 5.93. The molecule has 2 heterocycles. The summed E-state index contributed by atoms with van der Waals surface area (Å²) in [5.74, 6) is -6.59. The van der Waals surface area contributed by atoms with E-state index >= 15 is 0 Å². The summed E-state index contributed by atoms with van der Waals surface area (Å²) in [4.78, 5) is 115. The molecule has 88 heavy (non-hydrogen) atoms. The van der Waals surface area contributed by atoms with Crippen molar-refractivity contribution in [2.75, 3.05) is 46.7 Å². The molecule has 8 N–H and O–H groups in total. The molecule has 0 bridgehead atoms. The fourth-order valence-corrected chi connectivity index (χ4v) is 11.1. The van der Waals surface area contributed by atoms with Crippen LogP contribution in [0.1, 0.15) is 126 Å². The van der Waals surface area contributed by atoms with Crippen LogP contribution in [-0.2, 0) is 70.3 Å². The van der Waals surface area contributed by atoms with Crippen molar-refractivity contribution < 1.29 is 87.2 Å². The van der Waals surface area contributed by atoms with Gasteiger partial charge in [0.1, 0.15) is 48.8 Å². The number of carbonyl (C=O) groups is 8. The van der Waals surface area contributed by atoms with Crippen molar-refractivity contribution in [3.63, 3.8) is 0 Å². The average Bonchev–Trinajstić information content (AvgIpc) is 3.05. The Kier molecular flexibility index (Phi) is 28.5. The van der Waals surface area contributed by atoms with Crippen molar-refractivity contribution in [3.8, 4) is 5.75 Å². The topological polar surface area (TPSA) is 331 Å². The number of likely N-dealkylation sites (tertiary alicyclic amines) is 1. The van der Waals surface area contributed by atoms with Gasteiger partial charge in [0.25, 0.3) is 0 Å². The molecule has 14 atom stereocenters. The van der Waals surface area contributed by atoms with E-state index in [9.17, 15) is 58.8 Å². The van der Waals surface area contributed by atoms with Crippen LogP contribution in [0.3, 0.4) is 0 Å². The van der Waals surface area contributed by atoms with Crippen LogP contribution in [0.15, 0.2) is 48.5 Å². The first-order valence-corrected chi connectivity index (χ1v) is 30.4. The van der Waals surface area contributed by atoms with Gasteiger partial charge in [-0.15, -0.1) is 0 Å². The number of aliphatic hydroxyl groups excluding tert-OH is 3. The number of aliphatic carboxylic acids is 1. The molecular formula is C63H99N7O18. The van der Waals surface area contributed by atoms with E-state index in [1.165, 1.54) is 44.4 Å². The van der Waals surface area contributed by atoms with Gasteiger partial charge >= 0.3 is 18.0 Å². The molecule has 2 aromatic rings. The minimum Gasteiger partial charge on any atom is -0.479 e. The quantitative estimate of drug-likeness (QED) is 0.0495. The number of carboxylic acids is 1. The highest BCUT2D eigenvalue weighted by atomic mass is 16.7. The van der Waals surface area contributed by atoms with Crippen molar-refractivity contribution in [3.05, 3.63) is 59.7 Å². The number of esters is 1. The number of aliphatic hydroxyl groups is 3. The van der Waals surface area contributed by atoms with E-state index in [1.807, 2.05) is 65.0 Å². The summed E-state index contributed by atoms with van der Waals surface area (Å²) in [6.07, 6.45) is -10.7. The van der Waals surface area contributed by atoms with E-state index in [2.05, 4.69) is 21.3 Å². The van der Waals surface area contributed by atoms with Crippen LogP contribution in [0, 0.1) is 23.7 Å². The second-order valence-electron chi connectivity index (χ2n) is 25.1. The lowest BCUT2D eigenvalue weighted by Crippen LogP contribution is -2.61. The Morgan fingerprint density at radius 2 is 1.47 bits per heavy atom. The fraction of sp³-hybridized carbons (Fsp3) is 0.683. The Bertz CT molecular complexity index is 2640. The molecule has 0 aromatic heterocycles. The number of carboxylic acid groups (broad SMARTS) is 1. The Labute approximate surface area is 518 Å². The van der Waals surface area contributed by atoms with Crippen molar-refractivity contribution in [2.45, 2.75) is 213 Å². The maximum atomic E-state index is 14.9. The third-order valence-electron chi connectivity index (χ3n) is 16.1. The first kappa shape index (κ1) is 74.0. The molecular weight excluding hydrogens is 1140 g/mol. The number of methoxy groups -OCH3 is 2. The molecule has 2 saturated heterocycles. The highest BCUT2D eigenvalue weighted by Gasteiger charge is 2.49. The molecule has 2 aromatic carbocycles. The molecule has 0 radical (unpaired) electrons. The molecule has 494 valence electrons. The second kappa shape index (κ2) is 33.9. The lowest BCUT2D eigenvalue weighted by atomic mass is 9.89. The molecule has 25 heteroatoms. The van der Waals surface area contributed by atoms with E-state index in [4.69, 9.17) is 28.4 Å². The van der Waals surface area contributed by atoms with Crippen LogP contribution in [0.2, 0.25) is 0 Å². The van der Waals surface area contributed by atoms with Gasteiger partial charge in [-0.1, -0.05) is 91.3 Å². The van der Waals surface area contributed by atoms with Crippen LogP contribution in [-0.4, -0.2) is 209 Å². The zero-order valence-electron chi connectivity index (χ0n) is 54.1. The third-order valence-corrected chi connectivity index (χ3v) is 16.1. The number of nitrogens with zero attached hydrogens (tertiary/aromatic N) is 3. The van der Waals surface area contributed by atoms with Gasteiger partial charge in [0.2, 0.25) is 35.8 Å². The minimum absolute atomic E-state index is 0.000628. The Hall–Kier alpha value is -6.48. The summed E-state index contributed by atoms with van der Waals surface area (Å²) in [5.41, 5.74) is 0.852. The van der Waals surface area contributed by atoms with Gasteiger partial charge in [0, 0.05) is 59.8 Å². The highest BCUT2D eigenvalue weighted by Crippen LogP contribution is 2.33. The Morgan fingerprint density at radius 1 is 0.807 bits per heavy atom. The van der Waals surface area contributed by atoms with Gasteiger partial charge in [-0.05, 0) is 88.5 Å². The first-order valence-electron chi connectivity index (χ1n) is 30.4. The van der Waals surface area contributed by atoms with E-state index in [0.29, 0.717) is 31.4 Å². The SMILES string of the molecule is CC[C@H](C)[C@@H]([C@@H](CC(=O)N1CCC[C@H]1[C@H](OC)[C@@H](C)C(=O)N[C@@H](Cc1ccccc1)C(=O)OC(C)C)OC)N(C)C(=O)[C@@H](NC(=O)[C@H](C(C)C)N(C)C(=O)OCc1ccc(O[C@@H]2O[C@H](C(=O)O)[C@@H](O)[C@H](O)[C@H]2O)c(NC(=O)CCNC(C)(C)C)c1)C(C)C. The third kappa shape index (κ3) is 20.5. The van der Waals surface area contributed by atoms with Gasteiger partial charge in [0.05, 0.1) is 48.4 Å². The van der Waals surface area contributed by atoms with Crippen LogP contribution < -0.4 is 26.0 Å². The zero-order valence-corrected chi connectivity index (χ0v) is 54.1. The number of ether oxygens (including phenoxy) is 6. The van der Waals surface area contributed by atoms with Crippen LogP contribution >= 0.6 is 0 Å². The molecule has 0 aliphatic carbocycles. The van der Waals surface area contributed by atoms with Gasteiger partial charge in [-0.25, -0.2) is 14.4 Å². The Balaban J connectivity index is 1.50. The summed E-state index contributed by atoms with van der Waals surface area (Å²) < 4.78 is 34.4. The smallest absolute Gasteiger partial charge is 0.410 e. The number of benzene rings is 2. The average molecular weight is 1240 g/mol. The minimum atomic E-state index is -1.98. The number of anilines is 1. The number of rotatable bonds is 31. The first-order chi connectivity index (χ1) is 41.3. The number of likely N-dealkylation sites (N-methyl/N-ethyl adjacent to an activating group) is 2. The molecule has 0 spiro atoms. The largest absolute Gasteiger partial charge is 0.479 e. The van der Waals surface area contributed by atoms with E-state index < -0.39 is 145 Å². The Morgan fingerprint density at radius 3 is 2.03 bits per heavy atom. The summed E-state index contributed by atoms with van der Waals surface area (Å²) in [7, 11) is 5.96. The van der Waals surface area contributed by atoms with Crippen molar-refractivity contribution >= 4 is 53.3 Å². The lowest BCUT2D eigenvalue weighted by Gasteiger charge is -2.41. The van der Waals surface area contributed by atoms with Gasteiger partial charge in [-0.3, -0.25) is 28.9 Å². The van der Waals surface area contributed by atoms with Crippen molar-refractivity contribution in [1.29, 1.82) is 0 Å². The summed E-state index contributed by atoms with van der Waals surface area (Å²) >= 11 is 0. The van der Waals surface area contributed by atoms with Crippen molar-refractivity contribution in [1.82, 2.24) is 30.7 Å². The molecule has 2 aliphatic rings. The molecule has 2 fully saturated rings. The second-order valence-corrected chi connectivity index (χ2v) is 25.1. The van der Waals surface area contributed by atoms with E-state index in [-0.39, 0.29) is 54.6 Å². The number of hydrogen-bond acceptors (Lipinski definition) is 18. The monoisotopic (exact) mass is 1240 g/mol. The number of carbonyl (C=O) groups excluding carboxylic acids is 7. The van der Waals surface area contributed by atoms with Crippen molar-refractivity contribution in [2.24, 2.45) is 23.7 Å². The zero-order chi connectivity index (χ0) is 66.1. The van der Waals surface area contributed by atoms with Crippen LogP contribution in [0.5, 0.6) is 5.75 Å². The number of amides is 6. The normalized spacial score (nSPS) is 21.5. The van der Waals surface area contributed by atoms with Gasteiger partial charge in [0.15, 0.2) is 6.10 Å². The van der Waals surface area contributed by atoms with Crippen LogP contribution in [0.25, 0.3) is 0 Å². The molecule has 4 rings (SSSR count). The molecule has 0 saturated carbocycles.